The van der Waals surface area contributed by atoms with Crippen LogP contribution in [0.2, 0.25) is 0 Å². The van der Waals surface area contributed by atoms with Gasteiger partial charge in [0.1, 0.15) is 6.04 Å². The Morgan fingerprint density at radius 2 is 1.83 bits per heavy atom. The van der Waals surface area contributed by atoms with Crippen molar-refractivity contribution in [2.45, 2.75) is 6.04 Å². The molecule has 0 aromatic heterocycles. The fraction of sp³-hybridized carbons (Fsp3) is 0.231. The molecule has 0 bridgehead atoms. The molecule has 0 saturated carbocycles. The van der Waals surface area contributed by atoms with Gasteiger partial charge in [-0.05, 0) is 5.56 Å². The first-order chi connectivity index (χ1) is 8.67. The number of hydrogen-bond donors (Lipinski definition) is 1. The molecule has 96 valence electrons. The minimum atomic E-state index is -0.873. The fourth-order valence-electron chi connectivity index (χ4n) is 1.27. The predicted molar refractivity (Wildman–Crippen MR) is 66.8 cm³/mol. The third-order valence-corrected chi connectivity index (χ3v) is 2.19. The molecule has 0 fully saturated rings. The van der Waals surface area contributed by atoms with Gasteiger partial charge in [-0.25, -0.2) is 9.59 Å². The molecule has 5 heteroatoms. The molecular weight excluding hydrogens is 234 g/mol. The molecule has 0 unspecified atom stereocenters. The number of benzene rings is 1. The molecule has 0 radical (unpaired) electrons. The van der Waals surface area contributed by atoms with E-state index in [2.05, 4.69) is 14.8 Å². The number of esters is 1. The highest BCUT2D eigenvalue weighted by Gasteiger charge is 2.18. The summed E-state index contributed by atoms with van der Waals surface area (Å²) < 4.78 is 9.02. The van der Waals surface area contributed by atoms with Gasteiger partial charge in [-0.15, -0.1) is 0 Å². The van der Waals surface area contributed by atoms with E-state index in [0.29, 0.717) is 0 Å². The molecule has 1 N–H and O–H groups in total. The van der Waals surface area contributed by atoms with Gasteiger partial charge in [-0.2, -0.15) is 0 Å². The summed E-state index contributed by atoms with van der Waals surface area (Å²) in [5.41, 5.74) is 0.915. The lowest BCUT2D eigenvalue weighted by molar-refractivity contribution is -0.141. The van der Waals surface area contributed by atoms with Gasteiger partial charge in [-0.1, -0.05) is 42.5 Å². The van der Waals surface area contributed by atoms with E-state index >= 15 is 0 Å². The normalized spacial score (nSPS) is 11.9. The minimum absolute atomic E-state index is 0.562. The Balaban J connectivity index is 2.75. The second-order valence-corrected chi connectivity index (χ2v) is 3.41. The average Bonchev–Trinajstić information content (AvgIpc) is 2.43. The zero-order chi connectivity index (χ0) is 13.4. The van der Waals surface area contributed by atoms with E-state index in [1.165, 1.54) is 20.3 Å². The number of nitrogens with one attached hydrogen (secondary N) is 1. The minimum Gasteiger partial charge on any atom is -0.467 e. The Bertz CT molecular complexity index is 428. The summed E-state index contributed by atoms with van der Waals surface area (Å²) in [6.45, 7) is 0. The quantitative estimate of drug-likeness (QED) is 0.823. The van der Waals surface area contributed by atoms with Gasteiger partial charge in [-0.3, -0.25) is 0 Å². The Hall–Kier alpha value is -2.30. The van der Waals surface area contributed by atoms with Crippen LogP contribution in [-0.2, 0) is 14.3 Å². The first-order valence-corrected chi connectivity index (χ1v) is 5.33. The molecule has 0 aliphatic rings. The van der Waals surface area contributed by atoms with Crippen LogP contribution >= 0.6 is 0 Å². The van der Waals surface area contributed by atoms with Crippen LogP contribution in [0.3, 0.4) is 0 Å². The lowest BCUT2D eigenvalue weighted by Gasteiger charge is -2.11. The predicted octanol–water partition coefficient (Wildman–Crippen LogP) is 1.60. The van der Waals surface area contributed by atoms with Crippen LogP contribution in [0.15, 0.2) is 36.4 Å². The Labute approximate surface area is 105 Å². The Kier molecular flexibility index (Phi) is 5.44. The van der Waals surface area contributed by atoms with Crippen molar-refractivity contribution in [3.8, 4) is 0 Å². The lowest BCUT2D eigenvalue weighted by atomic mass is 10.2. The second-order valence-electron chi connectivity index (χ2n) is 3.41. The van der Waals surface area contributed by atoms with Gasteiger partial charge in [0.25, 0.3) is 0 Å². The van der Waals surface area contributed by atoms with Crippen molar-refractivity contribution < 1.29 is 19.1 Å². The number of rotatable bonds is 4. The molecule has 1 aromatic rings. The number of methoxy groups -OCH3 is 2. The second kappa shape index (κ2) is 7.11. The van der Waals surface area contributed by atoms with Crippen LogP contribution in [-0.4, -0.2) is 32.3 Å². The van der Waals surface area contributed by atoms with Crippen LogP contribution < -0.4 is 5.32 Å². The van der Waals surface area contributed by atoms with Crippen molar-refractivity contribution in [1.29, 1.82) is 0 Å². The van der Waals surface area contributed by atoms with Crippen molar-refractivity contribution in [2.75, 3.05) is 14.2 Å². The lowest BCUT2D eigenvalue weighted by Crippen LogP contribution is -2.39. The number of ether oxygens (including phenoxy) is 2. The standard InChI is InChI=1S/C13H15NO4/c1-17-12(15)11(14-13(16)18-2)9-8-10-6-4-3-5-7-10/h3-9,11H,1-2H3,(H,14,16)/b9-8+/t11-/m0/s1. The van der Waals surface area contributed by atoms with Crippen molar-refractivity contribution in [2.24, 2.45) is 0 Å². The molecule has 1 amide bonds. The number of hydrogen-bond acceptors (Lipinski definition) is 4. The van der Waals surface area contributed by atoms with Gasteiger partial charge in [0.15, 0.2) is 0 Å². The molecular formula is C13H15NO4. The molecule has 0 aliphatic carbocycles. The first-order valence-electron chi connectivity index (χ1n) is 5.33. The molecule has 5 nitrogen and oxygen atoms in total. The van der Waals surface area contributed by atoms with Crippen LogP contribution in [0.5, 0.6) is 0 Å². The van der Waals surface area contributed by atoms with Gasteiger partial charge in [0.05, 0.1) is 14.2 Å². The van der Waals surface area contributed by atoms with Crippen molar-refractivity contribution in [3.05, 3.63) is 42.0 Å². The maximum absolute atomic E-state index is 11.4. The molecule has 0 spiro atoms. The highest BCUT2D eigenvalue weighted by atomic mass is 16.5. The smallest absolute Gasteiger partial charge is 0.407 e. The molecule has 0 aliphatic heterocycles. The summed E-state index contributed by atoms with van der Waals surface area (Å²) >= 11 is 0. The maximum atomic E-state index is 11.4. The Morgan fingerprint density at radius 3 is 2.39 bits per heavy atom. The average molecular weight is 249 g/mol. The zero-order valence-corrected chi connectivity index (χ0v) is 10.3. The first kappa shape index (κ1) is 13.8. The van der Waals surface area contributed by atoms with Crippen molar-refractivity contribution in [3.63, 3.8) is 0 Å². The molecule has 0 heterocycles. The molecule has 1 rings (SSSR count). The summed E-state index contributed by atoms with van der Waals surface area (Å²) in [6, 6.07) is 8.53. The summed E-state index contributed by atoms with van der Waals surface area (Å²) in [6.07, 6.45) is 2.57. The van der Waals surface area contributed by atoms with Crippen LogP contribution in [0.4, 0.5) is 4.79 Å². The van der Waals surface area contributed by atoms with E-state index in [9.17, 15) is 9.59 Å². The summed E-state index contributed by atoms with van der Waals surface area (Å²) in [4.78, 5) is 22.5. The van der Waals surface area contributed by atoms with E-state index in [4.69, 9.17) is 0 Å². The van der Waals surface area contributed by atoms with E-state index in [1.54, 1.807) is 6.08 Å². The highest BCUT2D eigenvalue weighted by Crippen LogP contribution is 2.03. The van der Waals surface area contributed by atoms with E-state index in [1.807, 2.05) is 30.3 Å². The van der Waals surface area contributed by atoms with E-state index < -0.39 is 18.1 Å². The number of alkyl carbamates (subject to hydrolysis) is 1. The summed E-state index contributed by atoms with van der Waals surface area (Å²) in [5.74, 6) is -0.562. The van der Waals surface area contributed by atoms with Gasteiger partial charge in [0.2, 0.25) is 0 Å². The van der Waals surface area contributed by atoms with Gasteiger partial charge >= 0.3 is 12.1 Å². The maximum Gasteiger partial charge on any atom is 0.407 e. The largest absolute Gasteiger partial charge is 0.467 e. The molecule has 18 heavy (non-hydrogen) atoms. The van der Waals surface area contributed by atoms with E-state index in [0.717, 1.165) is 5.56 Å². The molecule has 1 atom stereocenters. The third kappa shape index (κ3) is 4.29. The topological polar surface area (TPSA) is 64.6 Å². The summed E-state index contributed by atoms with van der Waals surface area (Å²) in [5, 5.41) is 2.37. The monoisotopic (exact) mass is 249 g/mol. The Morgan fingerprint density at radius 1 is 1.17 bits per heavy atom. The number of carbonyl (C=O) groups excluding carboxylic acids is 2. The molecule has 1 aromatic carbocycles. The van der Waals surface area contributed by atoms with Crippen molar-refractivity contribution in [1.82, 2.24) is 5.32 Å². The highest BCUT2D eigenvalue weighted by molar-refractivity contribution is 5.84. The van der Waals surface area contributed by atoms with Crippen molar-refractivity contribution >= 4 is 18.1 Å². The van der Waals surface area contributed by atoms with Crippen LogP contribution in [0, 0.1) is 0 Å². The van der Waals surface area contributed by atoms with Crippen LogP contribution in [0.25, 0.3) is 6.08 Å². The molecule has 0 saturated heterocycles. The van der Waals surface area contributed by atoms with Crippen LogP contribution in [0.1, 0.15) is 5.56 Å². The third-order valence-electron chi connectivity index (χ3n) is 2.19. The zero-order valence-electron chi connectivity index (χ0n) is 10.3. The van der Waals surface area contributed by atoms with E-state index in [-0.39, 0.29) is 0 Å². The van der Waals surface area contributed by atoms with Gasteiger partial charge in [0, 0.05) is 0 Å². The van der Waals surface area contributed by atoms with Gasteiger partial charge < -0.3 is 14.8 Å². The summed E-state index contributed by atoms with van der Waals surface area (Å²) in [7, 11) is 2.48. The SMILES string of the molecule is COC(=O)N[C@@H](/C=C/c1ccccc1)C(=O)OC. The number of amides is 1. The fourth-order valence-corrected chi connectivity index (χ4v) is 1.27. The number of carbonyl (C=O) groups is 2.